The SMILES string of the molecule is CCCC(O[Si](C)(C)C(C)(C)C)C(C)C. The molecule has 0 radical (unpaired) electrons. The van der Waals surface area contributed by atoms with Gasteiger partial charge in [-0.1, -0.05) is 48.0 Å². The summed E-state index contributed by atoms with van der Waals surface area (Å²) >= 11 is 0. The van der Waals surface area contributed by atoms with Gasteiger partial charge in [0, 0.05) is 6.10 Å². The van der Waals surface area contributed by atoms with Crippen LogP contribution in [0.15, 0.2) is 0 Å². The second kappa shape index (κ2) is 5.49. The summed E-state index contributed by atoms with van der Waals surface area (Å²) in [6, 6.07) is 0. The molecule has 0 amide bonds. The molecule has 1 unspecified atom stereocenters. The Labute approximate surface area is 97.7 Å². The van der Waals surface area contributed by atoms with E-state index in [4.69, 9.17) is 4.43 Å². The number of hydrogen-bond acceptors (Lipinski definition) is 1. The minimum absolute atomic E-state index is 0.327. The summed E-state index contributed by atoms with van der Waals surface area (Å²) in [7, 11) is -1.57. The number of hydrogen-bond donors (Lipinski definition) is 0. The summed E-state index contributed by atoms with van der Waals surface area (Å²) < 4.78 is 6.44. The molecule has 92 valence electrons. The normalized spacial score (nSPS) is 15.8. The Bertz CT molecular complexity index is 179. The van der Waals surface area contributed by atoms with Gasteiger partial charge in [0.25, 0.3) is 0 Å². The molecule has 0 spiro atoms. The lowest BCUT2D eigenvalue weighted by Crippen LogP contribution is -2.45. The highest BCUT2D eigenvalue weighted by atomic mass is 28.4. The van der Waals surface area contributed by atoms with Crippen molar-refractivity contribution in [3.8, 4) is 0 Å². The smallest absolute Gasteiger partial charge is 0.192 e. The first-order valence-electron chi connectivity index (χ1n) is 6.29. The van der Waals surface area contributed by atoms with Gasteiger partial charge in [-0.2, -0.15) is 0 Å². The molecule has 0 aromatic carbocycles. The van der Waals surface area contributed by atoms with Gasteiger partial charge in [0.2, 0.25) is 0 Å². The topological polar surface area (TPSA) is 9.23 Å². The van der Waals surface area contributed by atoms with Gasteiger partial charge in [-0.15, -0.1) is 0 Å². The van der Waals surface area contributed by atoms with Gasteiger partial charge in [0.15, 0.2) is 8.32 Å². The van der Waals surface area contributed by atoms with Crippen molar-refractivity contribution >= 4 is 8.32 Å². The third kappa shape index (κ3) is 4.69. The summed E-state index contributed by atoms with van der Waals surface area (Å²) in [5.74, 6) is 0.638. The van der Waals surface area contributed by atoms with Gasteiger partial charge in [0.1, 0.15) is 0 Å². The second-order valence-electron chi connectivity index (χ2n) is 6.45. The zero-order valence-corrected chi connectivity index (χ0v) is 13.0. The van der Waals surface area contributed by atoms with E-state index in [1.54, 1.807) is 0 Å². The van der Waals surface area contributed by atoms with E-state index in [0.717, 1.165) is 0 Å². The fourth-order valence-electron chi connectivity index (χ4n) is 1.37. The highest BCUT2D eigenvalue weighted by Gasteiger charge is 2.39. The molecule has 0 aliphatic heterocycles. The van der Waals surface area contributed by atoms with Gasteiger partial charge >= 0.3 is 0 Å². The van der Waals surface area contributed by atoms with Crippen LogP contribution in [-0.4, -0.2) is 14.4 Å². The van der Waals surface area contributed by atoms with Crippen LogP contribution in [0.2, 0.25) is 18.1 Å². The molecule has 0 saturated heterocycles. The van der Waals surface area contributed by atoms with E-state index in [0.29, 0.717) is 17.1 Å². The minimum Gasteiger partial charge on any atom is -0.414 e. The summed E-state index contributed by atoms with van der Waals surface area (Å²) in [6.07, 6.45) is 2.87. The van der Waals surface area contributed by atoms with E-state index in [-0.39, 0.29) is 0 Å². The molecule has 0 rings (SSSR count). The van der Waals surface area contributed by atoms with Crippen LogP contribution in [0.5, 0.6) is 0 Å². The van der Waals surface area contributed by atoms with Crippen LogP contribution >= 0.6 is 0 Å². The summed E-state index contributed by atoms with van der Waals surface area (Å²) in [5, 5.41) is 0.327. The molecule has 0 aliphatic rings. The molecule has 2 heteroatoms. The van der Waals surface area contributed by atoms with Crippen molar-refractivity contribution in [1.82, 2.24) is 0 Å². The van der Waals surface area contributed by atoms with Gasteiger partial charge in [-0.05, 0) is 30.5 Å². The fourth-order valence-corrected chi connectivity index (χ4v) is 2.87. The van der Waals surface area contributed by atoms with Crippen molar-refractivity contribution in [2.45, 2.75) is 78.6 Å². The van der Waals surface area contributed by atoms with Crippen LogP contribution < -0.4 is 0 Å². The summed E-state index contributed by atoms with van der Waals surface area (Å²) in [6.45, 7) is 18.4. The molecule has 0 heterocycles. The lowest BCUT2D eigenvalue weighted by Gasteiger charge is -2.40. The Morgan fingerprint density at radius 2 is 1.60 bits per heavy atom. The molecule has 0 fully saturated rings. The Morgan fingerprint density at radius 3 is 1.87 bits per heavy atom. The first-order chi connectivity index (χ1) is 6.62. The number of rotatable bonds is 5. The Balaban J connectivity index is 4.52. The predicted molar refractivity (Wildman–Crippen MR) is 71.8 cm³/mol. The third-order valence-corrected chi connectivity index (χ3v) is 8.07. The van der Waals surface area contributed by atoms with Crippen LogP contribution in [0, 0.1) is 5.92 Å². The van der Waals surface area contributed by atoms with E-state index in [2.05, 4.69) is 54.6 Å². The average Bonchev–Trinajstić information content (AvgIpc) is 2.00. The molecule has 0 aromatic rings. The molecule has 15 heavy (non-hydrogen) atoms. The lowest BCUT2D eigenvalue weighted by molar-refractivity contribution is 0.124. The third-order valence-electron chi connectivity index (χ3n) is 3.57. The molecule has 0 N–H and O–H groups in total. The molecule has 0 aliphatic carbocycles. The quantitative estimate of drug-likeness (QED) is 0.615. The summed E-state index contributed by atoms with van der Waals surface area (Å²) in [5.41, 5.74) is 0. The van der Waals surface area contributed by atoms with Crippen LogP contribution in [0.3, 0.4) is 0 Å². The standard InChI is InChI=1S/C13H30OSi/c1-9-10-12(11(2)3)14-15(7,8)13(4,5)6/h11-12H,9-10H2,1-8H3. The highest BCUT2D eigenvalue weighted by Crippen LogP contribution is 2.38. The maximum absolute atomic E-state index is 6.44. The first kappa shape index (κ1) is 15.2. The van der Waals surface area contributed by atoms with Gasteiger partial charge in [-0.25, -0.2) is 0 Å². The average molecular weight is 230 g/mol. The van der Waals surface area contributed by atoms with E-state index in [1.165, 1.54) is 12.8 Å². The largest absolute Gasteiger partial charge is 0.414 e. The van der Waals surface area contributed by atoms with Crippen LogP contribution in [0.25, 0.3) is 0 Å². The molecule has 0 saturated carbocycles. The van der Waals surface area contributed by atoms with Crippen molar-refractivity contribution in [2.24, 2.45) is 5.92 Å². The molecule has 1 atom stereocenters. The zero-order valence-electron chi connectivity index (χ0n) is 12.0. The monoisotopic (exact) mass is 230 g/mol. The maximum atomic E-state index is 6.44. The highest BCUT2D eigenvalue weighted by molar-refractivity contribution is 6.74. The maximum Gasteiger partial charge on any atom is 0.192 e. The van der Waals surface area contributed by atoms with Crippen LogP contribution in [-0.2, 0) is 4.43 Å². The van der Waals surface area contributed by atoms with Crippen LogP contribution in [0.1, 0.15) is 54.4 Å². The van der Waals surface area contributed by atoms with Gasteiger partial charge in [-0.3, -0.25) is 0 Å². The predicted octanol–water partition coefficient (Wildman–Crippen LogP) is 4.83. The second-order valence-corrected chi connectivity index (χ2v) is 11.2. The Morgan fingerprint density at radius 1 is 1.13 bits per heavy atom. The molecule has 0 bridgehead atoms. The van der Waals surface area contributed by atoms with Crippen molar-refractivity contribution in [2.75, 3.05) is 0 Å². The van der Waals surface area contributed by atoms with Gasteiger partial charge < -0.3 is 4.43 Å². The van der Waals surface area contributed by atoms with E-state index in [9.17, 15) is 0 Å². The molecule has 0 aromatic heterocycles. The Kier molecular flexibility index (Phi) is 5.55. The van der Waals surface area contributed by atoms with Crippen LogP contribution in [0.4, 0.5) is 0 Å². The van der Waals surface area contributed by atoms with E-state index >= 15 is 0 Å². The summed E-state index contributed by atoms with van der Waals surface area (Å²) in [4.78, 5) is 0. The minimum atomic E-state index is -1.57. The van der Waals surface area contributed by atoms with E-state index in [1.807, 2.05) is 0 Å². The van der Waals surface area contributed by atoms with E-state index < -0.39 is 8.32 Å². The van der Waals surface area contributed by atoms with Crippen molar-refractivity contribution in [3.05, 3.63) is 0 Å². The van der Waals surface area contributed by atoms with Crippen molar-refractivity contribution in [1.29, 1.82) is 0 Å². The molecular formula is C13H30OSi. The van der Waals surface area contributed by atoms with Gasteiger partial charge in [0.05, 0.1) is 0 Å². The molecule has 1 nitrogen and oxygen atoms in total. The van der Waals surface area contributed by atoms with Crippen molar-refractivity contribution in [3.63, 3.8) is 0 Å². The Hall–Kier alpha value is 0.177. The first-order valence-corrected chi connectivity index (χ1v) is 9.20. The zero-order chi connectivity index (χ0) is 12.3. The van der Waals surface area contributed by atoms with Crippen molar-refractivity contribution < 1.29 is 4.43 Å². The molecular weight excluding hydrogens is 200 g/mol. The fraction of sp³-hybridized carbons (Fsp3) is 1.00. The lowest BCUT2D eigenvalue weighted by atomic mass is 10.0.